The molecule has 4 nitrogen and oxygen atoms in total. The van der Waals surface area contributed by atoms with E-state index in [1.807, 2.05) is 0 Å². The molecule has 0 amide bonds. The van der Waals surface area contributed by atoms with Crippen LogP contribution in [0.5, 0.6) is 0 Å². The molecule has 0 bridgehead atoms. The maximum atomic E-state index is 11.5. The largest absolute Gasteiger partial charge is 0.395 e. The van der Waals surface area contributed by atoms with Crippen molar-refractivity contribution in [3.8, 4) is 0 Å². The summed E-state index contributed by atoms with van der Waals surface area (Å²) in [5, 5.41) is 8.92. The normalized spacial score (nSPS) is 18.5. The molecule has 1 fully saturated rings. The summed E-state index contributed by atoms with van der Waals surface area (Å²) in [6.45, 7) is 4.67. The van der Waals surface area contributed by atoms with E-state index in [1.54, 1.807) is 13.8 Å². The van der Waals surface area contributed by atoms with Gasteiger partial charge in [0, 0.05) is 25.4 Å². The summed E-state index contributed by atoms with van der Waals surface area (Å²) < 4.78 is 22.4. The average Bonchev–Trinajstić information content (AvgIpc) is 2.82. The molecule has 0 aromatic rings. The van der Waals surface area contributed by atoms with Crippen molar-refractivity contribution >= 4 is 9.84 Å². The first-order valence-electron chi connectivity index (χ1n) is 5.32. The van der Waals surface area contributed by atoms with Crippen LogP contribution in [0.2, 0.25) is 0 Å². The molecule has 0 saturated heterocycles. The Kier molecular flexibility index (Phi) is 3.79. The fourth-order valence-electron chi connectivity index (χ4n) is 1.57. The Bertz CT molecular complexity index is 307. The molecule has 1 aliphatic carbocycles. The fourth-order valence-corrected chi connectivity index (χ4v) is 1.97. The quantitative estimate of drug-likeness (QED) is 0.718. The Labute approximate surface area is 92.2 Å². The van der Waals surface area contributed by atoms with Crippen LogP contribution in [0, 0.1) is 0 Å². The lowest BCUT2D eigenvalue weighted by atomic mass is 10.2. The topological polar surface area (TPSA) is 57.6 Å². The van der Waals surface area contributed by atoms with Crippen molar-refractivity contribution < 1.29 is 13.5 Å². The Balaban J connectivity index is 2.64. The monoisotopic (exact) mass is 235 g/mol. The first-order chi connectivity index (χ1) is 6.78. The summed E-state index contributed by atoms with van der Waals surface area (Å²) in [5.41, 5.74) is 0. The third-order valence-electron chi connectivity index (χ3n) is 3.04. The first-order valence-corrected chi connectivity index (χ1v) is 7.21. The Morgan fingerprint density at radius 1 is 1.40 bits per heavy atom. The number of aliphatic hydroxyl groups excluding tert-OH is 1. The number of hydrogen-bond donors (Lipinski definition) is 1. The van der Waals surface area contributed by atoms with Gasteiger partial charge in [0.15, 0.2) is 9.84 Å². The standard InChI is InChI=1S/C10H21NO3S/c1-10(2,15(3,13)14)8-11(6-7-12)9-4-5-9/h9,12H,4-8H2,1-3H3. The van der Waals surface area contributed by atoms with Gasteiger partial charge in [-0.2, -0.15) is 0 Å². The van der Waals surface area contributed by atoms with Crippen molar-refractivity contribution in [1.29, 1.82) is 0 Å². The lowest BCUT2D eigenvalue weighted by Crippen LogP contribution is -2.45. The summed E-state index contributed by atoms with van der Waals surface area (Å²) in [7, 11) is -3.04. The van der Waals surface area contributed by atoms with Gasteiger partial charge >= 0.3 is 0 Å². The molecule has 0 aromatic carbocycles. The van der Waals surface area contributed by atoms with Crippen LogP contribution in [-0.2, 0) is 9.84 Å². The molecule has 0 unspecified atom stereocenters. The molecule has 0 spiro atoms. The molecule has 0 radical (unpaired) electrons. The second-order valence-corrected chi connectivity index (χ2v) is 7.61. The highest BCUT2D eigenvalue weighted by atomic mass is 32.2. The third-order valence-corrected chi connectivity index (χ3v) is 5.17. The van der Waals surface area contributed by atoms with Crippen LogP contribution in [0.25, 0.3) is 0 Å². The summed E-state index contributed by atoms with van der Waals surface area (Å²) in [4.78, 5) is 2.08. The van der Waals surface area contributed by atoms with E-state index in [-0.39, 0.29) is 6.61 Å². The lowest BCUT2D eigenvalue weighted by Gasteiger charge is -2.31. The molecule has 0 aromatic heterocycles. The minimum Gasteiger partial charge on any atom is -0.395 e. The molecule has 0 atom stereocenters. The van der Waals surface area contributed by atoms with Crippen molar-refractivity contribution in [2.45, 2.75) is 37.5 Å². The zero-order chi connectivity index (χ0) is 11.7. The summed E-state index contributed by atoms with van der Waals surface area (Å²) in [6.07, 6.45) is 3.52. The van der Waals surface area contributed by atoms with Crippen molar-refractivity contribution in [1.82, 2.24) is 4.90 Å². The maximum absolute atomic E-state index is 11.5. The molecule has 15 heavy (non-hydrogen) atoms. The van der Waals surface area contributed by atoms with Gasteiger partial charge < -0.3 is 5.11 Å². The molecule has 1 N–H and O–H groups in total. The second kappa shape index (κ2) is 4.39. The average molecular weight is 235 g/mol. The van der Waals surface area contributed by atoms with Gasteiger partial charge in [-0.3, -0.25) is 4.90 Å². The number of hydrogen-bond acceptors (Lipinski definition) is 4. The minimum atomic E-state index is -3.04. The third kappa shape index (κ3) is 3.43. The molecular formula is C10H21NO3S. The maximum Gasteiger partial charge on any atom is 0.153 e. The molecular weight excluding hydrogens is 214 g/mol. The zero-order valence-corrected chi connectivity index (χ0v) is 10.5. The predicted octanol–water partition coefficient (Wildman–Crippen LogP) is 0.266. The second-order valence-electron chi connectivity index (χ2n) is 4.96. The van der Waals surface area contributed by atoms with Gasteiger partial charge in [0.25, 0.3) is 0 Å². The number of rotatable bonds is 6. The van der Waals surface area contributed by atoms with Crippen LogP contribution < -0.4 is 0 Å². The summed E-state index contributed by atoms with van der Waals surface area (Å²) >= 11 is 0. The van der Waals surface area contributed by atoms with Crippen LogP contribution in [0.4, 0.5) is 0 Å². The van der Waals surface area contributed by atoms with Gasteiger partial charge in [-0.25, -0.2) is 8.42 Å². The van der Waals surface area contributed by atoms with Crippen LogP contribution >= 0.6 is 0 Å². The van der Waals surface area contributed by atoms with Gasteiger partial charge in [-0.15, -0.1) is 0 Å². The molecule has 90 valence electrons. The van der Waals surface area contributed by atoms with Gasteiger partial charge in [-0.05, 0) is 26.7 Å². The van der Waals surface area contributed by atoms with E-state index in [4.69, 9.17) is 5.11 Å². The van der Waals surface area contributed by atoms with Gasteiger partial charge in [0.1, 0.15) is 0 Å². The van der Waals surface area contributed by atoms with Crippen LogP contribution in [0.3, 0.4) is 0 Å². The predicted molar refractivity (Wildman–Crippen MR) is 60.6 cm³/mol. The first kappa shape index (κ1) is 12.9. The van der Waals surface area contributed by atoms with E-state index >= 15 is 0 Å². The Hall–Kier alpha value is -0.130. The zero-order valence-electron chi connectivity index (χ0n) is 9.73. The van der Waals surface area contributed by atoms with E-state index in [1.165, 1.54) is 6.26 Å². The van der Waals surface area contributed by atoms with E-state index in [0.29, 0.717) is 19.1 Å². The molecule has 1 aliphatic rings. The van der Waals surface area contributed by atoms with Gasteiger partial charge in [0.05, 0.1) is 11.4 Å². The SMILES string of the molecule is CC(C)(CN(CCO)C1CC1)S(C)(=O)=O. The van der Waals surface area contributed by atoms with E-state index in [9.17, 15) is 8.42 Å². The Morgan fingerprint density at radius 3 is 2.27 bits per heavy atom. The highest BCUT2D eigenvalue weighted by Crippen LogP contribution is 2.29. The Morgan fingerprint density at radius 2 is 1.93 bits per heavy atom. The highest BCUT2D eigenvalue weighted by molar-refractivity contribution is 7.92. The highest BCUT2D eigenvalue weighted by Gasteiger charge is 2.37. The number of nitrogens with zero attached hydrogens (tertiary/aromatic N) is 1. The fraction of sp³-hybridized carbons (Fsp3) is 1.00. The minimum absolute atomic E-state index is 0.0936. The van der Waals surface area contributed by atoms with Gasteiger partial charge in [-0.1, -0.05) is 0 Å². The van der Waals surface area contributed by atoms with Crippen molar-refractivity contribution in [3.63, 3.8) is 0 Å². The van der Waals surface area contributed by atoms with Crippen molar-refractivity contribution in [3.05, 3.63) is 0 Å². The van der Waals surface area contributed by atoms with Crippen LogP contribution in [0.1, 0.15) is 26.7 Å². The lowest BCUT2D eigenvalue weighted by molar-refractivity contribution is 0.179. The van der Waals surface area contributed by atoms with Crippen molar-refractivity contribution in [2.24, 2.45) is 0 Å². The smallest absolute Gasteiger partial charge is 0.153 e. The van der Waals surface area contributed by atoms with Gasteiger partial charge in [0.2, 0.25) is 0 Å². The number of sulfone groups is 1. The van der Waals surface area contributed by atoms with E-state index < -0.39 is 14.6 Å². The van der Waals surface area contributed by atoms with E-state index in [2.05, 4.69) is 4.90 Å². The number of aliphatic hydroxyl groups is 1. The van der Waals surface area contributed by atoms with Crippen LogP contribution in [-0.4, -0.2) is 55.2 Å². The molecule has 1 rings (SSSR count). The van der Waals surface area contributed by atoms with E-state index in [0.717, 1.165) is 12.8 Å². The molecule has 0 aliphatic heterocycles. The summed E-state index contributed by atoms with van der Waals surface area (Å²) in [6, 6.07) is 0.484. The summed E-state index contributed by atoms with van der Waals surface area (Å²) in [5.74, 6) is 0. The molecule has 5 heteroatoms. The van der Waals surface area contributed by atoms with Crippen LogP contribution in [0.15, 0.2) is 0 Å². The van der Waals surface area contributed by atoms with Crippen molar-refractivity contribution in [2.75, 3.05) is 26.0 Å². The molecule has 0 heterocycles. The molecule has 1 saturated carbocycles.